The summed E-state index contributed by atoms with van der Waals surface area (Å²) in [6.07, 6.45) is 3.92. The minimum absolute atomic E-state index is 0.324. The summed E-state index contributed by atoms with van der Waals surface area (Å²) in [4.78, 5) is 0. The number of rotatable bonds is 8. The molecule has 0 saturated carbocycles. The summed E-state index contributed by atoms with van der Waals surface area (Å²) in [5.41, 5.74) is 5.36. The highest BCUT2D eigenvalue weighted by Crippen LogP contribution is 2.04. The van der Waals surface area contributed by atoms with E-state index in [1.807, 2.05) is 0 Å². The maximum atomic E-state index is 8.33. The zero-order chi connectivity index (χ0) is 11.7. The van der Waals surface area contributed by atoms with Crippen LogP contribution in [0.3, 0.4) is 0 Å². The van der Waals surface area contributed by atoms with E-state index >= 15 is 0 Å². The second-order valence-electron chi connectivity index (χ2n) is 4.53. The molecule has 4 heteroatoms. The largest absolute Gasteiger partial charge is 0.409 e. The lowest BCUT2D eigenvalue weighted by atomic mass is 10.1. The maximum absolute atomic E-state index is 8.33. The van der Waals surface area contributed by atoms with Crippen molar-refractivity contribution >= 4 is 5.84 Å². The van der Waals surface area contributed by atoms with Crippen LogP contribution in [0.15, 0.2) is 5.16 Å². The molecule has 0 saturated heterocycles. The molecule has 0 heterocycles. The lowest BCUT2D eigenvalue weighted by molar-refractivity contribution is 0.316. The highest BCUT2D eigenvalue weighted by atomic mass is 16.4. The van der Waals surface area contributed by atoms with Crippen molar-refractivity contribution in [2.45, 2.75) is 52.5 Å². The number of amidine groups is 1. The fourth-order valence-electron chi connectivity index (χ4n) is 1.62. The molecule has 0 bridgehead atoms. The number of nitrogens with zero attached hydrogens (tertiary/aromatic N) is 1. The van der Waals surface area contributed by atoms with Gasteiger partial charge in [-0.25, -0.2) is 0 Å². The second-order valence-corrected chi connectivity index (χ2v) is 4.53. The summed E-state index contributed by atoms with van der Waals surface area (Å²) >= 11 is 0. The molecule has 4 nitrogen and oxygen atoms in total. The molecular formula is C11H25N3O. The van der Waals surface area contributed by atoms with E-state index in [1.165, 1.54) is 6.42 Å². The van der Waals surface area contributed by atoms with E-state index in [0.29, 0.717) is 18.3 Å². The molecule has 0 spiro atoms. The highest BCUT2D eigenvalue weighted by molar-refractivity contribution is 5.79. The predicted molar refractivity (Wildman–Crippen MR) is 64.2 cm³/mol. The van der Waals surface area contributed by atoms with E-state index in [4.69, 9.17) is 10.9 Å². The first kappa shape index (κ1) is 14.2. The van der Waals surface area contributed by atoms with Crippen LogP contribution in [0, 0.1) is 5.92 Å². The molecule has 0 rings (SSSR count). The standard InChI is InChI=1S/C11H25N3O/c1-9(2)8-10(3)13-7-5-4-6-11(12)14-15/h9-10,13,15H,4-8H2,1-3H3,(H2,12,14). The van der Waals surface area contributed by atoms with Gasteiger partial charge in [0, 0.05) is 12.5 Å². The quantitative estimate of drug-likeness (QED) is 0.190. The van der Waals surface area contributed by atoms with Crippen LogP contribution in [0.2, 0.25) is 0 Å². The average molecular weight is 215 g/mol. The van der Waals surface area contributed by atoms with Crippen molar-refractivity contribution in [1.29, 1.82) is 0 Å². The Morgan fingerprint density at radius 3 is 2.53 bits per heavy atom. The van der Waals surface area contributed by atoms with Crippen molar-refractivity contribution in [2.24, 2.45) is 16.8 Å². The van der Waals surface area contributed by atoms with Gasteiger partial charge in [-0.05, 0) is 38.6 Å². The number of nitrogens with two attached hydrogens (primary N) is 1. The van der Waals surface area contributed by atoms with E-state index < -0.39 is 0 Å². The molecule has 0 aliphatic carbocycles. The molecule has 0 aromatic heterocycles. The molecule has 4 N–H and O–H groups in total. The van der Waals surface area contributed by atoms with Crippen molar-refractivity contribution in [3.63, 3.8) is 0 Å². The van der Waals surface area contributed by atoms with Crippen molar-refractivity contribution in [2.75, 3.05) is 6.54 Å². The third-order valence-electron chi connectivity index (χ3n) is 2.31. The molecule has 90 valence electrons. The third kappa shape index (κ3) is 9.53. The highest BCUT2D eigenvalue weighted by Gasteiger charge is 2.03. The van der Waals surface area contributed by atoms with Crippen LogP contribution in [-0.2, 0) is 0 Å². The number of hydrogen-bond acceptors (Lipinski definition) is 3. The molecule has 1 atom stereocenters. The van der Waals surface area contributed by atoms with E-state index in [0.717, 1.165) is 25.3 Å². The number of oxime groups is 1. The van der Waals surface area contributed by atoms with Crippen molar-refractivity contribution < 1.29 is 5.21 Å². The Kier molecular flexibility index (Phi) is 8.09. The van der Waals surface area contributed by atoms with Crippen molar-refractivity contribution in [1.82, 2.24) is 5.32 Å². The van der Waals surface area contributed by atoms with Gasteiger partial charge in [-0.1, -0.05) is 19.0 Å². The molecule has 0 radical (unpaired) electrons. The normalized spacial score (nSPS) is 14.5. The van der Waals surface area contributed by atoms with Gasteiger partial charge in [-0.3, -0.25) is 0 Å². The maximum Gasteiger partial charge on any atom is 0.139 e. The minimum Gasteiger partial charge on any atom is -0.409 e. The topological polar surface area (TPSA) is 70.6 Å². The zero-order valence-electron chi connectivity index (χ0n) is 10.2. The van der Waals surface area contributed by atoms with Crippen molar-refractivity contribution in [3.05, 3.63) is 0 Å². The Morgan fingerprint density at radius 2 is 2.00 bits per heavy atom. The van der Waals surface area contributed by atoms with Gasteiger partial charge >= 0.3 is 0 Å². The lowest BCUT2D eigenvalue weighted by Crippen LogP contribution is -2.28. The van der Waals surface area contributed by atoms with Crippen LogP contribution in [0.4, 0.5) is 0 Å². The fraction of sp³-hybridized carbons (Fsp3) is 0.909. The summed E-state index contributed by atoms with van der Waals surface area (Å²) in [5, 5.41) is 14.7. The van der Waals surface area contributed by atoms with Crippen LogP contribution >= 0.6 is 0 Å². The van der Waals surface area contributed by atoms with Crippen LogP contribution in [-0.4, -0.2) is 23.6 Å². The van der Waals surface area contributed by atoms with E-state index in [2.05, 4.69) is 31.2 Å². The second kappa shape index (κ2) is 8.53. The molecule has 1 unspecified atom stereocenters. The predicted octanol–water partition coefficient (Wildman–Crippen LogP) is 1.93. The Bertz CT molecular complexity index is 181. The van der Waals surface area contributed by atoms with Crippen LogP contribution in [0.25, 0.3) is 0 Å². The number of hydrogen-bond donors (Lipinski definition) is 3. The summed E-state index contributed by atoms with van der Waals surface area (Å²) in [7, 11) is 0. The van der Waals surface area contributed by atoms with Gasteiger partial charge in [0.1, 0.15) is 5.84 Å². The fourth-order valence-corrected chi connectivity index (χ4v) is 1.62. The molecule has 0 amide bonds. The summed E-state index contributed by atoms with van der Waals surface area (Å²) in [5.74, 6) is 1.06. The molecule has 0 aliphatic heterocycles. The minimum atomic E-state index is 0.324. The zero-order valence-corrected chi connectivity index (χ0v) is 10.2. The summed E-state index contributed by atoms with van der Waals surface area (Å²) < 4.78 is 0. The lowest BCUT2D eigenvalue weighted by Gasteiger charge is -2.15. The Hall–Kier alpha value is -0.770. The SMILES string of the molecule is CC(C)CC(C)NCCCCC(N)=NO. The van der Waals surface area contributed by atoms with Gasteiger partial charge in [0.05, 0.1) is 0 Å². The number of unbranched alkanes of at least 4 members (excludes halogenated alkanes) is 1. The van der Waals surface area contributed by atoms with Crippen LogP contribution < -0.4 is 11.1 Å². The van der Waals surface area contributed by atoms with Crippen LogP contribution in [0.5, 0.6) is 0 Å². The Balaban J connectivity index is 3.31. The van der Waals surface area contributed by atoms with Gasteiger partial charge in [-0.2, -0.15) is 0 Å². The first-order valence-corrected chi connectivity index (χ1v) is 5.76. The molecule has 0 aromatic rings. The third-order valence-corrected chi connectivity index (χ3v) is 2.31. The monoisotopic (exact) mass is 215 g/mol. The van der Waals surface area contributed by atoms with E-state index in [9.17, 15) is 0 Å². The Morgan fingerprint density at radius 1 is 1.33 bits per heavy atom. The smallest absolute Gasteiger partial charge is 0.139 e. The first-order valence-electron chi connectivity index (χ1n) is 5.76. The van der Waals surface area contributed by atoms with Gasteiger partial charge in [0.2, 0.25) is 0 Å². The Labute approximate surface area is 92.9 Å². The molecule has 0 aliphatic rings. The summed E-state index contributed by atoms with van der Waals surface area (Å²) in [6, 6.07) is 0.578. The van der Waals surface area contributed by atoms with Gasteiger partial charge < -0.3 is 16.3 Å². The first-order chi connectivity index (χ1) is 7.06. The van der Waals surface area contributed by atoms with Crippen LogP contribution in [0.1, 0.15) is 46.5 Å². The number of nitrogens with one attached hydrogen (secondary N) is 1. The van der Waals surface area contributed by atoms with Gasteiger partial charge in [-0.15, -0.1) is 0 Å². The molecular weight excluding hydrogens is 190 g/mol. The van der Waals surface area contributed by atoms with E-state index in [-0.39, 0.29) is 0 Å². The van der Waals surface area contributed by atoms with Gasteiger partial charge in [0.25, 0.3) is 0 Å². The summed E-state index contributed by atoms with van der Waals surface area (Å²) in [6.45, 7) is 7.68. The van der Waals surface area contributed by atoms with Crippen molar-refractivity contribution in [3.8, 4) is 0 Å². The molecule has 0 fully saturated rings. The average Bonchev–Trinajstić information content (AvgIpc) is 2.15. The van der Waals surface area contributed by atoms with E-state index in [1.54, 1.807) is 0 Å². The molecule has 0 aromatic carbocycles. The molecule has 15 heavy (non-hydrogen) atoms. The van der Waals surface area contributed by atoms with Gasteiger partial charge in [0.15, 0.2) is 0 Å².